The third kappa shape index (κ3) is 4.92. The van der Waals surface area contributed by atoms with Crippen molar-refractivity contribution in [1.29, 1.82) is 0 Å². The summed E-state index contributed by atoms with van der Waals surface area (Å²) in [6.45, 7) is 2.04. The van der Waals surface area contributed by atoms with E-state index in [2.05, 4.69) is 5.32 Å². The Labute approximate surface area is 172 Å². The molecule has 7 heteroatoms. The lowest BCUT2D eigenvalue weighted by molar-refractivity contribution is -0.136. The van der Waals surface area contributed by atoms with Gasteiger partial charge in [-0.2, -0.15) is 13.2 Å². The first-order chi connectivity index (χ1) is 14.3. The monoisotopic (exact) mass is 415 g/mol. The molecule has 3 aromatic rings. The fourth-order valence-electron chi connectivity index (χ4n) is 2.94. The van der Waals surface area contributed by atoms with Gasteiger partial charge in [-0.05, 0) is 48.9 Å². The predicted octanol–water partition coefficient (Wildman–Crippen LogP) is 5.85. The minimum absolute atomic E-state index is 0.133. The SMILES string of the molecule is COc1ccc(C(=O)Nc2ccccc2C(F)(F)F)cc1COc1ccccc1C. The highest BCUT2D eigenvalue weighted by Gasteiger charge is 2.33. The van der Waals surface area contributed by atoms with Gasteiger partial charge in [-0.15, -0.1) is 0 Å². The van der Waals surface area contributed by atoms with Crippen LogP contribution >= 0.6 is 0 Å². The number of methoxy groups -OCH3 is 1. The molecule has 0 aliphatic heterocycles. The van der Waals surface area contributed by atoms with Gasteiger partial charge in [0.1, 0.15) is 18.1 Å². The van der Waals surface area contributed by atoms with Crippen LogP contribution in [0.5, 0.6) is 11.5 Å². The van der Waals surface area contributed by atoms with Gasteiger partial charge in [-0.3, -0.25) is 4.79 Å². The second-order valence-electron chi connectivity index (χ2n) is 6.58. The number of anilines is 1. The van der Waals surface area contributed by atoms with E-state index in [4.69, 9.17) is 9.47 Å². The molecule has 0 saturated carbocycles. The van der Waals surface area contributed by atoms with Gasteiger partial charge in [0.2, 0.25) is 0 Å². The molecule has 0 aliphatic carbocycles. The highest BCUT2D eigenvalue weighted by Crippen LogP contribution is 2.35. The van der Waals surface area contributed by atoms with Crippen molar-refractivity contribution in [1.82, 2.24) is 0 Å². The fraction of sp³-hybridized carbons (Fsp3) is 0.174. The van der Waals surface area contributed by atoms with E-state index in [1.165, 1.54) is 31.4 Å². The Kier molecular flexibility index (Phi) is 6.30. The highest BCUT2D eigenvalue weighted by atomic mass is 19.4. The molecule has 0 radical (unpaired) electrons. The minimum atomic E-state index is -4.57. The summed E-state index contributed by atoms with van der Waals surface area (Å²) >= 11 is 0. The maximum Gasteiger partial charge on any atom is 0.418 e. The number of carbonyl (C=O) groups excluding carboxylic acids is 1. The Morgan fingerprint density at radius 1 is 0.967 bits per heavy atom. The molecule has 30 heavy (non-hydrogen) atoms. The van der Waals surface area contributed by atoms with Crippen LogP contribution in [-0.4, -0.2) is 13.0 Å². The maximum absolute atomic E-state index is 13.2. The van der Waals surface area contributed by atoms with Gasteiger partial charge in [0, 0.05) is 11.1 Å². The summed E-state index contributed by atoms with van der Waals surface area (Å²) in [5, 5.41) is 2.34. The van der Waals surface area contributed by atoms with Crippen LogP contribution in [0.4, 0.5) is 18.9 Å². The lowest BCUT2D eigenvalue weighted by Gasteiger charge is -2.15. The van der Waals surface area contributed by atoms with Crippen LogP contribution in [0.3, 0.4) is 0 Å². The Balaban J connectivity index is 1.82. The number of carbonyl (C=O) groups is 1. The van der Waals surface area contributed by atoms with Gasteiger partial charge in [0.05, 0.1) is 18.4 Å². The molecule has 0 fully saturated rings. The fourth-order valence-corrected chi connectivity index (χ4v) is 2.94. The van der Waals surface area contributed by atoms with Gasteiger partial charge in [-0.25, -0.2) is 0 Å². The summed E-state index contributed by atoms with van der Waals surface area (Å²) in [5.74, 6) is 0.538. The summed E-state index contributed by atoms with van der Waals surface area (Å²) < 4.78 is 50.7. The Hall–Kier alpha value is -3.48. The number of halogens is 3. The summed E-state index contributed by atoms with van der Waals surface area (Å²) in [6, 6.07) is 16.9. The quantitative estimate of drug-likeness (QED) is 0.549. The van der Waals surface area contributed by atoms with E-state index in [0.29, 0.717) is 17.1 Å². The molecule has 0 spiro atoms. The standard InChI is InChI=1S/C23H20F3NO3/c1-15-7-3-6-10-20(15)30-14-17-13-16(11-12-21(17)29-2)22(28)27-19-9-5-4-8-18(19)23(24,25)26/h3-13H,14H2,1-2H3,(H,27,28). The third-order valence-electron chi connectivity index (χ3n) is 4.50. The average Bonchev–Trinajstić information content (AvgIpc) is 2.72. The maximum atomic E-state index is 13.2. The first kappa shape index (κ1) is 21.2. The first-order valence-corrected chi connectivity index (χ1v) is 9.12. The van der Waals surface area contributed by atoms with E-state index in [-0.39, 0.29) is 17.9 Å². The van der Waals surface area contributed by atoms with Gasteiger partial charge in [-0.1, -0.05) is 30.3 Å². The Morgan fingerprint density at radius 2 is 1.67 bits per heavy atom. The number of ether oxygens (including phenoxy) is 2. The molecule has 3 rings (SSSR count). The number of aryl methyl sites for hydroxylation is 1. The molecule has 0 bridgehead atoms. The second kappa shape index (κ2) is 8.90. The van der Waals surface area contributed by atoms with E-state index in [1.54, 1.807) is 12.1 Å². The van der Waals surface area contributed by atoms with Crippen molar-refractivity contribution in [3.63, 3.8) is 0 Å². The van der Waals surface area contributed by atoms with Crippen LogP contribution in [0.2, 0.25) is 0 Å². The summed E-state index contributed by atoms with van der Waals surface area (Å²) in [7, 11) is 1.49. The summed E-state index contributed by atoms with van der Waals surface area (Å²) in [4.78, 5) is 12.6. The van der Waals surface area contributed by atoms with E-state index in [9.17, 15) is 18.0 Å². The van der Waals surface area contributed by atoms with Crippen molar-refractivity contribution in [3.8, 4) is 11.5 Å². The molecule has 1 N–H and O–H groups in total. The molecule has 1 amide bonds. The average molecular weight is 415 g/mol. The molecule has 0 unspecified atom stereocenters. The number of hydrogen-bond donors (Lipinski definition) is 1. The third-order valence-corrected chi connectivity index (χ3v) is 4.50. The number of amides is 1. The largest absolute Gasteiger partial charge is 0.496 e. The van der Waals surface area contributed by atoms with Crippen LogP contribution in [-0.2, 0) is 12.8 Å². The molecule has 0 aromatic heterocycles. The Bertz CT molecular complexity index is 1050. The minimum Gasteiger partial charge on any atom is -0.496 e. The zero-order valence-corrected chi connectivity index (χ0v) is 16.4. The van der Waals surface area contributed by atoms with Gasteiger partial charge >= 0.3 is 6.18 Å². The Morgan fingerprint density at radius 3 is 2.37 bits per heavy atom. The van der Waals surface area contributed by atoms with Crippen molar-refractivity contribution in [2.45, 2.75) is 19.7 Å². The smallest absolute Gasteiger partial charge is 0.418 e. The van der Waals surface area contributed by atoms with Crippen molar-refractivity contribution >= 4 is 11.6 Å². The molecule has 4 nitrogen and oxygen atoms in total. The lowest BCUT2D eigenvalue weighted by Crippen LogP contribution is -2.17. The van der Waals surface area contributed by atoms with E-state index < -0.39 is 17.6 Å². The summed E-state index contributed by atoms with van der Waals surface area (Å²) in [6.07, 6.45) is -4.57. The van der Waals surface area contributed by atoms with Crippen molar-refractivity contribution in [2.24, 2.45) is 0 Å². The second-order valence-corrected chi connectivity index (χ2v) is 6.58. The van der Waals surface area contributed by atoms with Crippen LogP contribution in [0.25, 0.3) is 0 Å². The lowest BCUT2D eigenvalue weighted by atomic mass is 10.1. The number of rotatable bonds is 6. The predicted molar refractivity (Wildman–Crippen MR) is 108 cm³/mol. The van der Waals surface area contributed by atoms with Gasteiger partial charge in [0.15, 0.2) is 0 Å². The number of alkyl halides is 3. The van der Waals surface area contributed by atoms with Crippen molar-refractivity contribution < 1.29 is 27.4 Å². The van der Waals surface area contributed by atoms with Gasteiger partial charge in [0.25, 0.3) is 5.91 Å². The molecule has 0 heterocycles. The highest BCUT2D eigenvalue weighted by molar-refractivity contribution is 6.05. The zero-order chi connectivity index (χ0) is 21.7. The molecule has 0 saturated heterocycles. The van der Waals surface area contributed by atoms with Crippen LogP contribution in [0.1, 0.15) is 27.0 Å². The van der Waals surface area contributed by atoms with Crippen LogP contribution < -0.4 is 14.8 Å². The summed E-state index contributed by atoms with van der Waals surface area (Å²) in [5.41, 5.74) is 0.529. The molecule has 3 aromatic carbocycles. The van der Waals surface area contributed by atoms with Crippen LogP contribution in [0, 0.1) is 6.92 Å². The number of benzene rings is 3. The topological polar surface area (TPSA) is 47.6 Å². The van der Waals surface area contributed by atoms with E-state index in [0.717, 1.165) is 11.6 Å². The molecular formula is C23H20F3NO3. The number of nitrogens with one attached hydrogen (secondary N) is 1. The van der Waals surface area contributed by atoms with Gasteiger partial charge < -0.3 is 14.8 Å². The number of para-hydroxylation sites is 2. The van der Waals surface area contributed by atoms with Crippen molar-refractivity contribution in [3.05, 3.63) is 89.0 Å². The molecule has 0 aliphatic rings. The number of hydrogen-bond acceptors (Lipinski definition) is 3. The normalized spacial score (nSPS) is 11.1. The van der Waals surface area contributed by atoms with E-state index in [1.807, 2.05) is 31.2 Å². The molecule has 0 atom stereocenters. The zero-order valence-electron chi connectivity index (χ0n) is 16.4. The molecule has 156 valence electrons. The first-order valence-electron chi connectivity index (χ1n) is 9.12. The molecular weight excluding hydrogens is 395 g/mol. The van der Waals surface area contributed by atoms with E-state index >= 15 is 0 Å². The van der Waals surface area contributed by atoms with Crippen molar-refractivity contribution in [2.75, 3.05) is 12.4 Å². The van der Waals surface area contributed by atoms with Crippen LogP contribution in [0.15, 0.2) is 66.7 Å².